The fourth-order valence-corrected chi connectivity index (χ4v) is 5.62. The maximum atomic E-state index is 13.0. The number of carbonyl (C=O) groups is 1. The van der Waals surface area contributed by atoms with Gasteiger partial charge in [-0.05, 0) is 105 Å². The smallest absolute Gasteiger partial charge is 0.227 e. The number of aryl methyl sites for hydroxylation is 3. The normalized spacial score (nSPS) is 19.3. The second kappa shape index (κ2) is 9.22. The Balaban J connectivity index is 1.12. The standard InChI is InChI=1S/C28H35N3O2/c1-19-12-22-8-11-31(28(33)14-24(22)13-20(19)2)18-21-7-10-30(17-21)9-3-4-23-16-29-27-6-5-25(32)15-26(23)27/h5-6,12-13,15-16,21,29,32H,3-4,7-11,14,17-18H2,1-2H3. The molecule has 1 atom stereocenters. The number of aromatic nitrogens is 1. The van der Waals surface area contributed by atoms with Crippen molar-refractivity contribution in [1.82, 2.24) is 14.8 Å². The molecule has 2 aliphatic heterocycles. The van der Waals surface area contributed by atoms with E-state index in [0.29, 0.717) is 18.1 Å². The van der Waals surface area contributed by atoms with Crippen molar-refractivity contribution in [3.05, 3.63) is 64.3 Å². The molecule has 1 fully saturated rings. The first-order chi connectivity index (χ1) is 16.0. The number of hydrogen-bond donors (Lipinski definition) is 2. The second-order valence-electron chi connectivity index (χ2n) is 10.1. The van der Waals surface area contributed by atoms with Crippen LogP contribution in [0.4, 0.5) is 0 Å². The molecule has 1 unspecified atom stereocenters. The molecule has 1 aromatic heterocycles. The predicted octanol–water partition coefficient (Wildman–Crippen LogP) is 4.37. The van der Waals surface area contributed by atoms with Crippen LogP contribution >= 0.6 is 0 Å². The van der Waals surface area contributed by atoms with Crippen molar-refractivity contribution in [3.8, 4) is 5.75 Å². The van der Waals surface area contributed by atoms with E-state index in [1.54, 1.807) is 6.07 Å². The van der Waals surface area contributed by atoms with Gasteiger partial charge in [0.2, 0.25) is 5.91 Å². The molecule has 3 aromatic rings. The van der Waals surface area contributed by atoms with Crippen LogP contribution in [0.3, 0.4) is 0 Å². The predicted molar refractivity (Wildman–Crippen MR) is 133 cm³/mol. The Morgan fingerprint density at radius 2 is 1.91 bits per heavy atom. The van der Waals surface area contributed by atoms with Crippen LogP contribution in [0.1, 0.15) is 40.7 Å². The van der Waals surface area contributed by atoms with Crippen LogP contribution < -0.4 is 0 Å². The van der Waals surface area contributed by atoms with Gasteiger partial charge in [0.25, 0.3) is 0 Å². The third kappa shape index (κ3) is 4.79. The summed E-state index contributed by atoms with van der Waals surface area (Å²) in [6, 6.07) is 10.0. The molecule has 1 amide bonds. The molecule has 33 heavy (non-hydrogen) atoms. The number of phenolic OH excluding ortho intramolecular Hbond substituents is 1. The van der Waals surface area contributed by atoms with Gasteiger partial charge >= 0.3 is 0 Å². The lowest BCUT2D eigenvalue weighted by Gasteiger charge is -2.24. The number of phenols is 1. The van der Waals surface area contributed by atoms with Crippen molar-refractivity contribution in [2.24, 2.45) is 5.92 Å². The highest BCUT2D eigenvalue weighted by Gasteiger charge is 2.28. The lowest BCUT2D eigenvalue weighted by molar-refractivity contribution is -0.130. The number of aromatic amines is 1. The molecule has 2 aliphatic rings. The first kappa shape index (κ1) is 22.0. The Morgan fingerprint density at radius 1 is 1.09 bits per heavy atom. The molecule has 2 aromatic carbocycles. The molecule has 5 nitrogen and oxygen atoms in total. The zero-order chi connectivity index (χ0) is 22.9. The molecule has 5 heteroatoms. The summed E-state index contributed by atoms with van der Waals surface area (Å²) in [7, 11) is 0. The summed E-state index contributed by atoms with van der Waals surface area (Å²) >= 11 is 0. The van der Waals surface area contributed by atoms with E-state index < -0.39 is 0 Å². The number of benzene rings is 2. The largest absolute Gasteiger partial charge is 0.508 e. The monoisotopic (exact) mass is 445 g/mol. The Labute approximate surface area is 196 Å². The highest BCUT2D eigenvalue weighted by molar-refractivity contribution is 5.84. The minimum absolute atomic E-state index is 0.290. The van der Waals surface area contributed by atoms with Gasteiger partial charge in [-0.1, -0.05) is 12.1 Å². The van der Waals surface area contributed by atoms with Crippen molar-refractivity contribution < 1.29 is 9.90 Å². The molecular formula is C28H35N3O2. The van der Waals surface area contributed by atoms with Gasteiger partial charge in [-0.2, -0.15) is 0 Å². The summed E-state index contributed by atoms with van der Waals surface area (Å²) in [5.74, 6) is 1.18. The summed E-state index contributed by atoms with van der Waals surface area (Å²) in [5.41, 5.74) is 7.55. The zero-order valence-corrected chi connectivity index (χ0v) is 19.9. The molecule has 0 aliphatic carbocycles. The minimum atomic E-state index is 0.290. The van der Waals surface area contributed by atoms with Gasteiger partial charge < -0.3 is 19.9 Å². The van der Waals surface area contributed by atoms with E-state index in [9.17, 15) is 9.90 Å². The summed E-state index contributed by atoms with van der Waals surface area (Å²) in [6.07, 6.45) is 6.88. The Hall–Kier alpha value is -2.79. The number of fused-ring (bicyclic) bond motifs is 2. The van der Waals surface area contributed by atoms with E-state index >= 15 is 0 Å². The van der Waals surface area contributed by atoms with Crippen molar-refractivity contribution in [2.45, 2.75) is 46.0 Å². The van der Waals surface area contributed by atoms with Gasteiger partial charge in [-0.3, -0.25) is 4.79 Å². The van der Waals surface area contributed by atoms with E-state index in [1.165, 1.54) is 34.2 Å². The topological polar surface area (TPSA) is 59.6 Å². The van der Waals surface area contributed by atoms with Crippen LogP contribution in [0.2, 0.25) is 0 Å². The molecular weight excluding hydrogens is 410 g/mol. The third-order valence-electron chi connectivity index (χ3n) is 7.68. The number of rotatable bonds is 6. The number of nitrogens with zero attached hydrogens (tertiary/aromatic N) is 2. The zero-order valence-electron chi connectivity index (χ0n) is 19.9. The van der Waals surface area contributed by atoms with Crippen LogP contribution in [0.5, 0.6) is 5.75 Å². The number of likely N-dealkylation sites (tertiary alicyclic amines) is 1. The number of carbonyl (C=O) groups excluding carboxylic acids is 1. The van der Waals surface area contributed by atoms with Crippen molar-refractivity contribution in [1.29, 1.82) is 0 Å². The van der Waals surface area contributed by atoms with Crippen molar-refractivity contribution in [3.63, 3.8) is 0 Å². The summed E-state index contributed by atoms with van der Waals surface area (Å²) in [4.78, 5) is 21.0. The number of H-pyrrole nitrogens is 1. The molecule has 3 heterocycles. The van der Waals surface area contributed by atoms with Crippen LogP contribution in [0, 0.1) is 19.8 Å². The minimum Gasteiger partial charge on any atom is -0.508 e. The molecule has 0 radical (unpaired) electrons. The van der Waals surface area contributed by atoms with E-state index in [0.717, 1.165) is 62.9 Å². The Bertz CT molecular complexity index is 1170. The maximum absolute atomic E-state index is 13.0. The first-order valence-electron chi connectivity index (χ1n) is 12.3. The highest BCUT2D eigenvalue weighted by Crippen LogP contribution is 2.26. The van der Waals surface area contributed by atoms with Crippen LogP contribution in [-0.4, -0.2) is 58.5 Å². The average molecular weight is 446 g/mol. The van der Waals surface area contributed by atoms with Gasteiger partial charge in [0.1, 0.15) is 5.75 Å². The number of amides is 1. The van der Waals surface area contributed by atoms with Gasteiger partial charge in [0.15, 0.2) is 0 Å². The summed E-state index contributed by atoms with van der Waals surface area (Å²) in [6.45, 7) is 9.33. The second-order valence-corrected chi connectivity index (χ2v) is 10.1. The summed E-state index contributed by atoms with van der Waals surface area (Å²) in [5, 5.41) is 10.9. The molecule has 0 spiro atoms. The maximum Gasteiger partial charge on any atom is 0.227 e. The molecule has 174 valence electrons. The number of aromatic hydroxyl groups is 1. The van der Waals surface area contributed by atoms with Crippen molar-refractivity contribution >= 4 is 16.8 Å². The average Bonchev–Trinajstić information content (AvgIpc) is 3.37. The Kier molecular flexibility index (Phi) is 6.15. The van der Waals surface area contributed by atoms with E-state index in [-0.39, 0.29) is 5.91 Å². The van der Waals surface area contributed by atoms with Crippen LogP contribution in [0.15, 0.2) is 36.5 Å². The van der Waals surface area contributed by atoms with Gasteiger partial charge in [-0.15, -0.1) is 0 Å². The fraction of sp³-hybridized carbons (Fsp3) is 0.464. The SMILES string of the molecule is Cc1cc2c(cc1C)CC(=O)N(CC1CCN(CCCc3c[nH]c4ccc(O)cc34)C1)CC2. The Morgan fingerprint density at radius 3 is 2.76 bits per heavy atom. The quantitative estimate of drug-likeness (QED) is 0.592. The van der Waals surface area contributed by atoms with Gasteiger partial charge in [0.05, 0.1) is 6.42 Å². The lowest BCUT2D eigenvalue weighted by atomic mass is 9.97. The molecule has 0 saturated carbocycles. The molecule has 5 rings (SSSR count). The van der Waals surface area contributed by atoms with Gasteiger partial charge in [0, 0.05) is 36.7 Å². The van der Waals surface area contributed by atoms with Crippen LogP contribution in [-0.2, 0) is 24.1 Å². The molecule has 0 bridgehead atoms. The van der Waals surface area contributed by atoms with E-state index in [1.807, 2.05) is 12.1 Å². The first-order valence-corrected chi connectivity index (χ1v) is 12.3. The third-order valence-corrected chi connectivity index (χ3v) is 7.68. The molecule has 2 N–H and O–H groups in total. The summed E-state index contributed by atoms with van der Waals surface area (Å²) < 4.78 is 0. The van der Waals surface area contributed by atoms with E-state index in [2.05, 4.69) is 47.0 Å². The highest BCUT2D eigenvalue weighted by atomic mass is 16.3. The van der Waals surface area contributed by atoms with Gasteiger partial charge in [-0.25, -0.2) is 0 Å². The lowest BCUT2D eigenvalue weighted by Crippen LogP contribution is -2.37. The number of hydrogen-bond acceptors (Lipinski definition) is 3. The van der Waals surface area contributed by atoms with E-state index in [4.69, 9.17) is 0 Å². The fourth-order valence-electron chi connectivity index (χ4n) is 5.62. The number of nitrogens with one attached hydrogen (secondary N) is 1. The van der Waals surface area contributed by atoms with Crippen molar-refractivity contribution in [2.75, 3.05) is 32.7 Å². The molecule has 1 saturated heterocycles. The van der Waals surface area contributed by atoms with Crippen LogP contribution in [0.25, 0.3) is 10.9 Å².